The molecular weight excluding hydrogens is 367 g/mol. The molecule has 0 atom stereocenters. The molecule has 0 radical (unpaired) electrons. The van der Waals surface area contributed by atoms with Crippen LogP contribution in [0.4, 0.5) is 10.2 Å². The van der Waals surface area contributed by atoms with E-state index < -0.39 is 0 Å². The van der Waals surface area contributed by atoms with Crippen LogP contribution in [-0.2, 0) is 0 Å². The number of benzene rings is 2. The first kappa shape index (κ1) is 18.8. The van der Waals surface area contributed by atoms with Crippen molar-refractivity contribution in [3.63, 3.8) is 0 Å². The van der Waals surface area contributed by atoms with Gasteiger partial charge >= 0.3 is 0 Å². The highest BCUT2D eigenvalue weighted by Crippen LogP contribution is 2.31. The van der Waals surface area contributed by atoms with Gasteiger partial charge in [0.25, 0.3) is 0 Å². The van der Waals surface area contributed by atoms with E-state index in [1.807, 2.05) is 44.3 Å². The maximum atomic E-state index is 14.7. The third-order valence-electron chi connectivity index (χ3n) is 4.58. The first-order valence-corrected chi connectivity index (χ1v) is 9.52. The zero-order valence-electron chi connectivity index (χ0n) is 16.3. The Balaban J connectivity index is 1.76. The highest BCUT2D eigenvalue weighted by Gasteiger charge is 2.12. The van der Waals surface area contributed by atoms with E-state index in [0.29, 0.717) is 29.6 Å². The van der Waals surface area contributed by atoms with E-state index in [1.54, 1.807) is 24.5 Å². The van der Waals surface area contributed by atoms with Crippen molar-refractivity contribution in [3.8, 4) is 28.3 Å². The van der Waals surface area contributed by atoms with E-state index >= 15 is 0 Å². The normalized spacial score (nSPS) is 10.9. The Morgan fingerprint density at radius 3 is 2.66 bits per heavy atom. The molecular formula is C23H21FN4O. The number of pyridine rings is 1. The maximum Gasteiger partial charge on any atom is 0.163 e. The summed E-state index contributed by atoms with van der Waals surface area (Å²) in [6, 6.07) is 14.4. The van der Waals surface area contributed by atoms with Crippen molar-refractivity contribution >= 4 is 16.7 Å². The van der Waals surface area contributed by atoms with Crippen molar-refractivity contribution in [3.05, 3.63) is 66.7 Å². The van der Waals surface area contributed by atoms with Gasteiger partial charge in [-0.25, -0.2) is 14.4 Å². The molecule has 2 aromatic heterocycles. The van der Waals surface area contributed by atoms with E-state index in [4.69, 9.17) is 4.74 Å². The molecule has 0 aliphatic carbocycles. The van der Waals surface area contributed by atoms with Gasteiger partial charge in [-0.05, 0) is 48.4 Å². The lowest BCUT2D eigenvalue weighted by molar-refractivity contribution is 0.316. The second-order valence-corrected chi connectivity index (χ2v) is 6.61. The molecule has 0 aliphatic rings. The SMILES string of the molecule is CCCOc1ccc(-c2ccc3nc(-c4cccnc4)nc(NC)c3c2)c(F)c1. The van der Waals surface area contributed by atoms with Crippen molar-refractivity contribution in [2.24, 2.45) is 0 Å². The second kappa shape index (κ2) is 8.22. The van der Waals surface area contributed by atoms with E-state index in [2.05, 4.69) is 20.3 Å². The summed E-state index contributed by atoms with van der Waals surface area (Å²) in [7, 11) is 1.81. The minimum atomic E-state index is -0.322. The number of aromatic nitrogens is 3. The molecule has 0 saturated carbocycles. The van der Waals surface area contributed by atoms with Gasteiger partial charge in [-0.1, -0.05) is 13.0 Å². The van der Waals surface area contributed by atoms with Crippen molar-refractivity contribution in [1.82, 2.24) is 15.0 Å². The molecule has 0 spiro atoms. The average Bonchev–Trinajstić information content (AvgIpc) is 2.77. The summed E-state index contributed by atoms with van der Waals surface area (Å²) >= 11 is 0. The molecule has 0 unspecified atom stereocenters. The molecule has 6 heteroatoms. The monoisotopic (exact) mass is 388 g/mol. The van der Waals surface area contributed by atoms with Gasteiger partial charge in [-0.3, -0.25) is 4.98 Å². The number of nitrogens with one attached hydrogen (secondary N) is 1. The zero-order chi connectivity index (χ0) is 20.2. The van der Waals surface area contributed by atoms with Crippen LogP contribution in [0.1, 0.15) is 13.3 Å². The highest BCUT2D eigenvalue weighted by molar-refractivity contribution is 5.94. The third-order valence-corrected chi connectivity index (χ3v) is 4.58. The lowest BCUT2D eigenvalue weighted by atomic mass is 10.0. The molecule has 0 aliphatic heterocycles. The molecule has 29 heavy (non-hydrogen) atoms. The van der Waals surface area contributed by atoms with E-state index in [-0.39, 0.29) is 5.82 Å². The predicted octanol–water partition coefficient (Wildman–Crippen LogP) is 5.33. The van der Waals surface area contributed by atoms with Crippen LogP contribution in [0.25, 0.3) is 33.4 Å². The first-order chi connectivity index (χ1) is 14.2. The Labute approximate surface area is 168 Å². The van der Waals surface area contributed by atoms with Gasteiger partial charge in [-0.15, -0.1) is 0 Å². The lowest BCUT2D eigenvalue weighted by Crippen LogP contribution is -1.99. The Morgan fingerprint density at radius 1 is 1.03 bits per heavy atom. The van der Waals surface area contributed by atoms with Crippen LogP contribution in [-0.4, -0.2) is 28.6 Å². The molecule has 2 aromatic carbocycles. The van der Waals surface area contributed by atoms with E-state index in [9.17, 15) is 4.39 Å². The molecule has 4 rings (SSSR count). The molecule has 0 saturated heterocycles. The van der Waals surface area contributed by atoms with Crippen molar-refractivity contribution < 1.29 is 9.13 Å². The van der Waals surface area contributed by atoms with Crippen molar-refractivity contribution in [2.45, 2.75) is 13.3 Å². The van der Waals surface area contributed by atoms with Gasteiger partial charge in [0.1, 0.15) is 17.4 Å². The molecule has 0 bridgehead atoms. The summed E-state index contributed by atoms with van der Waals surface area (Å²) in [5.74, 6) is 1.48. The standard InChI is InChI=1S/C23H21FN4O/c1-3-11-29-17-7-8-18(20(24)13-17)15-6-9-21-19(12-15)23(25-2)28-22(27-21)16-5-4-10-26-14-16/h4-10,12-14H,3,11H2,1-2H3,(H,25,27,28). The fourth-order valence-electron chi connectivity index (χ4n) is 3.15. The molecule has 146 valence electrons. The van der Waals surface area contributed by atoms with Gasteiger partial charge in [0, 0.05) is 42.0 Å². The summed E-state index contributed by atoms with van der Waals surface area (Å²) < 4.78 is 20.2. The number of hydrogen-bond acceptors (Lipinski definition) is 5. The second-order valence-electron chi connectivity index (χ2n) is 6.61. The summed E-state index contributed by atoms with van der Waals surface area (Å²) in [6.07, 6.45) is 4.32. The molecule has 5 nitrogen and oxygen atoms in total. The molecule has 2 heterocycles. The van der Waals surface area contributed by atoms with E-state index in [0.717, 1.165) is 28.5 Å². The van der Waals surface area contributed by atoms with Crippen LogP contribution in [0, 0.1) is 5.82 Å². The lowest BCUT2D eigenvalue weighted by Gasteiger charge is -2.11. The Kier molecular flexibility index (Phi) is 5.33. The highest BCUT2D eigenvalue weighted by atomic mass is 19.1. The fraction of sp³-hybridized carbons (Fsp3) is 0.174. The quantitative estimate of drug-likeness (QED) is 0.484. The third kappa shape index (κ3) is 3.87. The van der Waals surface area contributed by atoms with Gasteiger partial charge in [0.2, 0.25) is 0 Å². The number of rotatable bonds is 6. The maximum absolute atomic E-state index is 14.7. The molecule has 4 aromatic rings. The number of halogens is 1. The summed E-state index contributed by atoms with van der Waals surface area (Å²) in [5.41, 5.74) is 2.87. The Morgan fingerprint density at radius 2 is 1.93 bits per heavy atom. The Hall–Kier alpha value is -3.54. The van der Waals surface area contributed by atoms with Crippen molar-refractivity contribution in [1.29, 1.82) is 0 Å². The van der Waals surface area contributed by atoms with Crippen LogP contribution in [0.3, 0.4) is 0 Å². The zero-order valence-corrected chi connectivity index (χ0v) is 16.3. The molecule has 0 amide bonds. The Bertz CT molecular complexity index is 1150. The topological polar surface area (TPSA) is 59.9 Å². The van der Waals surface area contributed by atoms with Gasteiger partial charge in [0.15, 0.2) is 5.82 Å². The van der Waals surface area contributed by atoms with Gasteiger partial charge in [-0.2, -0.15) is 0 Å². The fourth-order valence-corrected chi connectivity index (χ4v) is 3.15. The van der Waals surface area contributed by atoms with Gasteiger partial charge in [0.05, 0.1) is 12.1 Å². The van der Waals surface area contributed by atoms with Crippen LogP contribution in [0.5, 0.6) is 5.75 Å². The molecule has 1 N–H and O–H groups in total. The smallest absolute Gasteiger partial charge is 0.163 e. The number of nitrogens with zero attached hydrogens (tertiary/aromatic N) is 3. The van der Waals surface area contributed by atoms with Crippen LogP contribution < -0.4 is 10.1 Å². The minimum absolute atomic E-state index is 0.322. The largest absolute Gasteiger partial charge is 0.494 e. The number of fused-ring (bicyclic) bond motifs is 1. The number of hydrogen-bond donors (Lipinski definition) is 1. The van der Waals surface area contributed by atoms with Gasteiger partial charge < -0.3 is 10.1 Å². The summed E-state index contributed by atoms with van der Waals surface area (Å²) in [6.45, 7) is 2.58. The van der Waals surface area contributed by atoms with E-state index in [1.165, 1.54) is 6.07 Å². The minimum Gasteiger partial charge on any atom is -0.494 e. The van der Waals surface area contributed by atoms with Crippen LogP contribution in [0.2, 0.25) is 0 Å². The number of ether oxygens (including phenoxy) is 1. The van der Waals surface area contributed by atoms with Crippen LogP contribution in [0.15, 0.2) is 60.9 Å². The predicted molar refractivity (Wildman–Crippen MR) is 113 cm³/mol. The van der Waals surface area contributed by atoms with Crippen LogP contribution >= 0.6 is 0 Å². The number of anilines is 1. The summed E-state index contributed by atoms with van der Waals surface area (Å²) in [4.78, 5) is 13.4. The first-order valence-electron chi connectivity index (χ1n) is 9.52. The van der Waals surface area contributed by atoms with Crippen molar-refractivity contribution in [2.75, 3.05) is 19.0 Å². The molecule has 0 fully saturated rings. The average molecular weight is 388 g/mol. The summed E-state index contributed by atoms with van der Waals surface area (Å²) in [5, 5.41) is 3.94.